The summed E-state index contributed by atoms with van der Waals surface area (Å²) < 4.78 is 27.2. The SMILES string of the molecule is CCCNc1ncc(S(=O)(=O)NCC2(SC)CCC2)cn1. The first-order valence-electron chi connectivity index (χ1n) is 7.12. The molecular formula is C13H22N4O2S2. The van der Waals surface area contributed by atoms with Crippen LogP contribution in [-0.2, 0) is 10.0 Å². The number of aromatic nitrogens is 2. The molecule has 1 aliphatic rings. The summed E-state index contributed by atoms with van der Waals surface area (Å²) >= 11 is 1.74. The fourth-order valence-corrected chi connectivity index (χ4v) is 4.14. The number of rotatable bonds is 8. The zero-order valence-electron chi connectivity index (χ0n) is 12.4. The summed E-state index contributed by atoms with van der Waals surface area (Å²) in [5.74, 6) is 0.454. The minimum Gasteiger partial charge on any atom is -0.354 e. The van der Waals surface area contributed by atoms with Gasteiger partial charge in [-0.2, -0.15) is 11.8 Å². The molecule has 0 saturated heterocycles. The van der Waals surface area contributed by atoms with Crippen molar-refractivity contribution in [1.82, 2.24) is 14.7 Å². The van der Waals surface area contributed by atoms with Gasteiger partial charge < -0.3 is 5.32 Å². The highest BCUT2D eigenvalue weighted by molar-refractivity contribution is 8.00. The van der Waals surface area contributed by atoms with Crippen molar-refractivity contribution in [1.29, 1.82) is 0 Å². The van der Waals surface area contributed by atoms with Crippen LogP contribution in [0.4, 0.5) is 5.95 Å². The van der Waals surface area contributed by atoms with Gasteiger partial charge in [-0.15, -0.1) is 0 Å². The number of nitrogens with zero attached hydrogens (tertiary/aromatic N) is 2. The van der Waals surface area contributed by atoms with Gasteiger partial charge in [0.25, 0.3) is 0 Å². The molecule has 0 aliphatic heterocycles. The van der Waals surface area contributed by atoms with E-state index in [4.69, 9.17) is 0 Å². The van der Waals surface area contributed by atoms with Crippen LogP contribution in [-0.4, -0.2) is 42.5 Å². The largest absolute Gasteiger partial charge is 0.354 e. The Labute approximate surface area is 130 Å². The third kappa shape index (κ3) is 4.08. The summed E-state index contributed by atoms with van der Waals surface area (Å²) in [5, 5.41) is 3.02. The summed E-state index contributed by atoms with van der Waals surface area (Å²) in [4.78, 5) is 8.18. The molecular weight excluding hydrogens is 308 g/mol. The topological polar surface area (TPSA) is 84.0 Å². The van der Waals surface area contributed by atoms with E-state index >= 15 is 0 Å². The van der Waals surface area contributed by atoms with Crippen molar-refractivity contribution >= 4 is 27.7 Å². The maximum absolute atomic E-state index is 12.2. The first-order valence-corrected chi connectivity index (χ1v) is 9.83. The molecule has 0 radical (unpaired) electrons. The van der Waals surface area contributed by atoms with Crippen LogP contribution in [0.5, 0.6) is 0 Å². The highest BCUT2D eigenvalue weighted by Crippen LogP contribution is 2.42. The quantitative estimate of drug-likeness (QED) is 0.757. The number of sulfonamides is 1. The molecule has 1 heterocycles. The second-order valence-corrected chi connectivity index (χ2v) is 8.28. The Hall–Kier alpha value is -0.860. The molecule has 0 unspecified atom stereocenters. The Morgan fingerprint density at radius 1 is 1.33 bits per heavy atom. The van der Waals surface area contributed by atoms with E-state index in [0.717, 1.165) is 25.8 Å². The van der Waals surface area contributed by atoms with Crippen LogP contribution in [0.2, 0.25) is 0 Å². The van der Waals surface area contributed by atoms with Crippen molar-refractivity contribution in [2.75, 3.05) is 24.7 Å². The fourth-order valence-electron chi connectivity index (χ4n) is 2.12. The van der Waals surface area contributed by atoms with E-state index in [1.54, 1.807) is 11.8 Å². The van der Waals surface area contributed by atoms with Gasteiger partial charge in [-0.3, -0.25) is 0 Å². The molecule has 0 aromatic carbocycles. The van der Waals surface area contributed by atoms with Gasteiger partial charge in [-0.25, -0.2) is 23.1 Å². The lowest BCUT2D eigenvalue weighted by Gasteiger charge is -2.40. The minimum atomic E-state index is -3.53. The van der Waals surface area contributed by atoms with Gasteiger partial charge in [0.15, 0.2) is 0 Å². The van der Waals surface area contributed by atoms with E-state index in [1.807, 2.05) is 13.2 Å². The van der Waals surface area contributed by atoms with E-state index in [9.17, 15) is 8.42 Å². The molecule has 0 spiro atoms. The smallest absolute Gasteiger partial charge is 0.243 e. The number of hydrogen-bond acceptors (Lipinski definition) is 6. The van der Waals surface area contributed by atoms with Gasteiger partial charge in [-0.05, 0) is 25.5 Å². The molecule has 0 bridgehead atoms. The van der Waals surface area contributed by atoms with Crippen LogP contribution in [0.15, 0.2) is 17.3 Å². The first-order chi connectivity index (χ1) is 10.0. The van der Waals surface area contributed by atoms with Crippen molar-refractivity contribution < 1.29 is 8.42 Å². The van der Waals surface area contributed by atoms with Crippen molar-refractivity contribution in [3.63, 3.8) is 0 Å². The lowest BCUT2D eigenvalue weighted by Crippen LogP contribution is -2.45. The molecule has 1 aromatic rings. The van der Waals surface area contributed by atoms with Crippen LogP contribution in [0, 0.1) is 0 Å². The lowest BCUT2D eigenvalue weighted by molar-refractivity contribution is 0.362. The van der Waals surface area contributed by atoms with E-state index in [2.05, 4.69) is 20.0 Å². The van der Waals surface area contributed by atoms with E-state index < -0.39 is 10.0 Å². The van der Waals surface area contributed by atoms with Crippen molar-refractivity contribution in [2.45, 2.75) is 42.2 Å². The monoisotopic (exact) mass is 330 g/mol. The summed E-state index contributed by atoms with van der Waals surface area (Å²) in [6.07, 6.45) is 8.98. The van der Waals surface area contributed by atoms with Crippen LogP contribution < -0.4 is 10.0 Å². The second-order valence-electron chi connectivity index (χ2n) is 5.23. The van der Waals surface area contributed by atoms with E-state index in [1.165, 1.54) is 18.8 Å². The maximum Gasteiger partial charge on any atom is 0.243 e. The van der Waals surface area contributed by atoms with Crippen molar-refractivity contribution in [2.24, 2.45) is 0 Å². The van der Waals surface area contributed by atoms with Crippen LogP contribution in [0.25, 0.3) is 0 Å². The third-order valence-corrected chi connectivity index (χ3v) is 6.53. The third-order valence-electron chi connectivity index (χ3n) is 3.75. The zero-order valence-corrected chi connectivity index (χ0v) is 14.1. The summed E-state index contributed by atoms with van der Waals surface area (Å²) in [6.45, 7) is 3.27. The molecule has 2 N–H and O–H groups in total. The van der Waals surface area contributed by atoms with Crippen molar-refractivity contribution in [3.05, 3.63) is 12.4 Å². The average molecular weight is 330 g/mol. The molecule has 118 valence electrons. The summed E-state index contributed by atoms with van der Waals surface area (Å²) in [6, 6.07) is 0. The molecule has 0 atom stereocenters. The molecule has 21 heavy (non-hydrogen) atoms. The second kappa shape index (κ2) is 6.93. The standard InChI is InChI=1S/C13H22N4O2S2/c1-3-7-14-12-15-8-11(9-16-12)21(18,19)17-10-13(20-2)5-4-6-13/h8-9,17H,3-7,10H2,1-2H3,(H,14,15,16). The van der Waals surface area contributed by atoms with E-state index in [0.29, 0.717) is 12.5 Å². The minimum absolute atomic E-state index is 0.0660. The first kappa shape index (κ1) is 16.5. The molecule has 0 amide bonds. The predicted octanol–water partition coefficient (Wildman–Crippen LogP) is 1.86. The molecule has 1 aliphatic carbocycles. The fraction of sp³-hybridized carbons (Fsp3) is 0.692. The van der Waals surface area contributed by atoms with Gasteiger partial charge in [0, 0.05) is 17.8 Å². The normalized spacial score (nSPS) is 17.2. The van der Waals surface area contributed by atoms with Gasteiger partial charge in [0.05, 0.1) is 12.4 Å². The summed E-state index contributed by atoms with van der Waals surface area (Å²) in [5.41, 5.74) is 0. The molecule has 1 saturated carbocycles. The van der Waals surface area contributed by atoms with Crippen LogP contribution in [0.3, 0.4) is 0 Å². The zero-order chi connectivity index (χ0) is 15.3. The van der Waals surface area contributed by atoms with Gasteiger partial charge in [0.2, 0.25) is 16.0 Å². The number of nitrogens with one attached hydrogen (secondary N) is 2. The Balaban J connectivity index is 1.98. The number of anilines is 1. The van der Waals surface area contributed by atoms with Gasteiger partial charge >= 0.3 is 0 Å². The Morgan fingerprint density at radius 2 is 2.00 bits per heavy atom. The number of hydrogen-bond donors (Lipinski definition) is 2. The van der Waals surface area contributed by atoms with Gasteiger partial charge in [-0.1, -0.05) is 13.3 Å². The maximum atomic E-state index is 12.2. The van der Waals surface area contributed by atoms with Crippen LogP contribution in [0.1, 0.15) is 32.6 Å². The molecule has 2 rings (SSSR count). The predicted molar refractivity (Wildman–Crippen MR) is 86.1 cm³/mol. The lowest BCUT2D eigenvalue weighted by atomic mass is 9.84. The van der Waals surface area contributed by atoms with Crippen LogP contribution >= 0.6 is 11.8 Å². The highest BCUT2D eigenvalue weighted by atomic mass is 32.2. The summed E-state index contributed by atoms with van der Waals surface area (Å²) in [7, 11) is -3.53. The molecule has 1 fully saturated rings. The van der Waals surface area contributed by atoms with E-state index in [-0.39, 0.29) is 9.64 Å². The highest BCUT2D eigenvalue weighted by Gasteiger charge is 2.37. The Bertz CT molecular complexity index is 551. The number of thioether (sulfide) groups is 1. The average Bonchev–Trinajstić information content (AvgIpc) is 2.45. The Morgan fingerprint density at radius 3 is 2.48 bits per heavy atom. The molecule has 1 aromatic heterocycles. The van der Waals surface area contributed by atoms with Crippen molar-refractivity contribution in [3.8, 4) is 0 Å². The molecule has 6 nitrogen and oxygen atoms in total. The van der Waals surface area contributed by atoms with Gasteiger partial charge in [0.1, 0.15) is 4.90 Å². The molecule has 8 heteroatoms. The Kier molecular flexibility index (Phi) is 5.45.